The second kappa shape index (κ2) is 10.4. The monoisotopic (exact) mass is 563 g/mol. The van der Waals surface area contributed by atoms with Gasteiger partial charge in [0.2, 0.25) is 10.0 Å². The third-order valence-electron chi connectivity index (χ3n) is 7.93. The average Bonchev–Trinajstić information content (AvgIpc) is 3.21. The summed E-state index contributed by atoms with van der Waals surface area (Å²) >= 11 is 0. The number of carbonyl (C=O) groups excluding carboxylic acids is 2. The highest BCUT2D eigenvalue weighted by molar-refractivity contribution is 7.89. The highest BCUT2D eigenvalue weighted by Gasteiger charge is 2.58. The van der Waals surface area contributed by atoms with Crippen molar-refractivity contribution < 1.29 is 32.2 Å². The lowest BCUT2D eigenvalue weighted by molar-refractivity contribution is -0.139. The number of hydrazone groups is 1. The number of sulfonamides is 1. The van der Waals surface area contributed by atoms with Crippen LogP contribution in [0.2, 0.25) is 0 Å². The van der Waals surface area contributed by atoms with Crippen molar-refractivity contribution in [1.29, 1.82) is 0 Å². The minimum Gasteiger partial charge on any atom is -0.509 e. The van der Waals surface area contributed by atoms with E-state index in [1.54, 1.807) is 15.9 Å². The molecular weight excluding hydrogens is 529 g/mol. The van der Waals surface area contributed by atoms with Crippen molar-refractivity contribution in [3.63, 3.8) is 0 Å². The maximum absolute atomic E-state index is 14.1. The van der Waals surface area contributed by atoms with Crippen LogP contribution in [0.3, 0.4) is 0 Å². The van der Waals surface area contributed by atoms with Crippen LogP contribution in [0, 0.1) is 11.7 Å². The first kappa shape index (κ1) is 27.4. The summed E-state index contributed by atoms with van der Waals surface area (Å²) in [6, 6.07) is 2.90. The molecule has 1 fully saturated rings. The Morgan fingerprint density at radius 2 is 1.95 bits per heavy atom. The Kier molecular flexibility index (Phi) is 7.31. The molecule has 2 unspecified atom stereocenters. The summed E-state index contributed by atoms with van der Waals surface area (Å²) in [6.07, 6.45) is 1.65. The van der Waals surface area contributed by atoms with Crippen molar-refractivity contribution in [2.45, 2.75) is 58.3 Å². The molecule has 1 aromatic carbocycles. The van der Waals surface area contributed by atoms with Gasteiger partial charge in [-0.1, -0.05) is 12.5 Å². The van der Waals surface area contributed by atoms with Crippen LogP contribution < -0.4 is 0 Å². The predicted molar refractivity (Wildman–Crippen MR) is 140 cm³/mol. The Morgan fingerprint density at radius 1 is 1.18 bits per heavy atom. The van der Waals surface area contributed by atoms with Crippen LogP contribution in [0.15, 0.2) is 34.8 Å². The number of hydrogen-bond acceptors (Lipinski definition) is 8. The number of amidine groups is 1. The molecular formula is C26H34FN5O6S. The van der Waals surface area contributed by atoms with Gasteiger partial charge < -0.3 is 19.6 Å². The van der Waals surface area contributed by atoms with Gasteiger partial charge in [0.15, 0.2) is 5.84 Å². The molecule has 13 heteroatoms. The lowest BCUT2D eigenvalue weighted by Gasteiger charge is -2.45. The molecule has 1 saturated heterocycles. The maximum Gasteiger partial charge on any atom is 0.273 e. The number of benzene rings is 1. The van der Waals surface area contributed by atoms with E-state index in [4.69, 9.17) is 4.74 Å². The van der Waals surface area contributed by atoms with Crippen LogP contribution >= 0.6 is 0 Å². The maximum atomic E-state index is 14.1. The van der Waals surface area contributed by atoms with Crippen LogP contribution in [-0.4, -0.2) is 94.9 Å². The lowest BCUT2D eigenvalue weighted by Crippen LogP contribution is -2.62. The van der Waals surface area contributed by atoms with Gasteiger partial charge in [0, 0.05) is 32.8 Å². The van der Waals surface area contributed by atoms with Crippen LogP contribution in [-0.2, 0) is 37.5 Å². The third-order valence-corrected chi connectivity index (χ3v) is 9.75. The summed E-state index contributed by atoms with van der Waals surface area (Å²) < 4.78 is 47.8. The Morgan fingerprint density at radius 3 is 2.69 bits per heavy atom. The minimum absolute atomic E-state index is 0.00423. The van der Waals surface area contributed by atoms with Crippen molar-refractivity contribution in [3.05, 3.63) is 46.6 Å². The molecule has 0 radical (unpaired) electrons. The van der Waals surface area contributed by atoms with E-state index in [9.17, 15) is 27.5 Å². The first-order valence-corrected chi connectivity index (χ1v) is 14.9. The minimum atomic E-state index is -3.84. The van der Waals surface area contributed by atoms with E-state index in [1.165, 1.54) is 19.2 Å². The Labute approximate surface area is 227 Å². The summed E-state index contributed by atoms with van der Waals surface area (Å²) in [7, 11) is -2.45. The summed E-state index contributed by atoms with van der Waals surface area (Å²) in [5.41, 5.74) is 1.13. The summed E-state index contributed by atoms with van der Waals surface area (Å²) in [5.74, 6) is -3.11. The number of amides is 2. The average molecular weight is 564 g/mol. The number of nitrogens with zero attached hydrogens (tertiary/aromatic N) is 5. The van der Waals surface area contributed by atoms with Crippen molar-refractivity contribution >= 4 is 27.7 Å². The Bertz CT molecular complexity index is 1350. The van der Waals surface area contributed by atoms with Crippen LogP contribution in [0.4, 0.5) is 4.39 Å². The second-order valence-electron chi connectivity index (χ2n) is 10.4. The molecule has 2 bridgehead atoms. The number of likely N-dealkylation sites (N-methyl/N-ethyl adjacent to an activating group) is 2. The Balaban J connectivity index is 1.64. The van der Waals surface area contributed by atoms with Gasteiger partial charge >= 0.3 is 0 Å². The lowest BCUT2D eigenvalue weighted by atomic mass is 9.95. The first-order chi connectivity index (χ1) is 18.5. The number of rotatable bonds is 1. The fourth-order valence-electron chi connectivity index (χ4n) is 5.81. The summed E-state index contributed by atoms with van der Waals surface area (Å²) in [4.78, 5) is 30.4. The zero-order valence-corrected chi connectivity index (χ0v) is 23.2. The van der Waals surface area contributed by atoms with Gasteiger partial charge in [-0.3, -0.25) is 13.9 Å². The molecule has 0 aromatic heterocycles. The van der Waals surface area contributed by atoms with Crippen molar-refractivity contribution in [1.82, 2.24) is 19.1 Å². The standard InChI is InChI=1S/C26H34FN5O6S/c1-4-30-13-16(2)32-21-20(23(33)22(32)26(30)35)25(34)31-14-17-8-9-19(27)12-18(17)15-38-10-6-5-7-11-39(36,37)29(3)24(21)28-31/h8-9,12,16,20-21,33H,4-7,10-11,13-15H2,1-3H3/t16-,20?,21?/m0/s1. The molecule has 5 rings (SSSR count). The van der Waals surface area contributed by atoms with Gasteiger partial charge in [-0.05, 0) is 49.9 Å². The predicted octanol–water partition coefficient (Wildman–Crippen LogP) is 1.76. The number of aliphatic hydroxyl groups is 1. The van der Waals surface area contributed by atoms with Gasteiger partial charge in [-0.25, -0.2) is 17.8 Å². The van der Waals surface area contributed by atoms with Crippen molar-refractivity contribution in [2.75, 3.05) is 32.5 Å². The van der Waals surface area contributed by atoms with E-state index in [0.717, 1.165) is 9.31 Å². The highest BCUT2D eigenvalue weighted by atomic mass is 32.2. The van der Waals surface area contributed by atoms with Crippen molar-refractivity contribution in [2.24, 2.45) is 11.0 Å². The molecule has 1 N–H and O–H groups in total. The Hall–Kier alpha value is -3.19. The number of aliphatic hydroxyl groups excluding tert-OH is 1. The van der Waals surface area contributed by atoms with E-state index in [2.05, 4.69) is 5.10 Å². The number of halogens is 1. The number of piperazine rings is 1. The topological polar surface area (TPSA) is 123 Å². The van der Waals surface area contributed by atoms with E-state index in [1.807, 2.05) is 13.8 Å². The molecule has 0 aliphatic carbocycles. The zero-order chi connectivity index (χ0) is 28.1. The fraction of sp³-hybridized carbons (Fsp3) is 0.577. The molecule has 4 heterocycles. The third kappa shape index (κ3) is 4.75. The molecule has 0 saturated carbocycles. The largest absolute Gasteiger partial charge is 0.509 e. The highest BCUT2D eigenvalue weighted by Crippen LogP contribution is 2.42. The molecule has 4 aliphatic heterocycles. The van der Waals surface area contributed by atoms with Gasteiger partial charge in [0.05, 0.1) is 18.9 Å². The van der Waals surface area contributed by atoms with Gasteiger partial charge in [0.25, 0.3) is 11.8 Å². The van der Waals surface area contributed by atoms with E-state index in [-0.39, 0.29) is 42.2 Å². The van der Waals surface area contributed by atoms with Crippen molar-refractivity contribution in [3.8, 4) is 0 Å². The SMILES string of the molecule is CCN1C[C@H](C)N2C(=C(O)C3C(=O)N4Cc5ccc(F)cc5COCCCCCS(=O)(=O)N(C)C(=N4)C32)C1=O. The molecule has 39 heavy (non-hydrogen) atoms. The number of fused-ring (bicyclic) bond motifs is 6. The molecule has 3 atom stereocenters. The quantitative estimate of drug-likeness (QED) is 0.553. The zero-order valence-electron chi connectivity index (χ0n) is 22.3. The van der Waals surface area contributed by atoms with E-state index in [0.29, 0.717) is 50.1 Å². The number of ether oxygens (including phenoxy) is 1. The van der Waals surface area contributed by atoms with Gasteiger partial charge in [-0.15, -0.1) is 0 Å². The number of hydrogen-bond donors (Lipinski definition) is 1. The van der Waals surface area contributed by atoms with Gasteiger partial charge in [-0.2, -0.15) is 5.10 Å². The van der Waals surface area contributed by atoms with Crippen LogP contribution in [0.25, 0.3) is 0 Å². The number of carbonyl (C=O) groups is 2. The normalized spacial score (nSPS) is 27.9. The molecule has 212 valence electrons. The molecule has 2 amide bonds. The smallest absolute Gasteiger partial charge is 0.273 e. The van der Waals surface area contributed by atoms with E-state index < -0.39 is 39.6 Å². The molecule has 1 aromatic rings. The molecule has 11 nitrogen and oxygen atoms in total. The van der Waals surface area contributed by atoms with Gasteiger partial charge in [0.1, 0.15) is 29.2 Å². The summed E-state index contributed by atoms with van der Waals surface area (Å²) in [6.45, 7) is 4.90. The second-order valence-corrected chi connectivity index (χ2v) is 12.5. The van der Waals surface area contributed by atoms with E-state index >= 15 is 0 Å². The molecule has 0 spiro atoms. The summed E-state index contributed by atoms with van der Waals surface area (Å²) in [5, 5.41) is 17.0. The van der Waals surface area contributed by atoms with Crippen LogP contribution in [0.5, 0.6) is 0 Å². The first-order valence-electron chi connectivity index (χ1n) is 13.3. The fourth-order valence-corrected chi connectivity index (χ4v) is 7.08. The molecule has 4 aliphatic rings. The van der Waals surface area contributed by atoms with Crippen LogP contribution in [0.1, 0.15) is 44.2 Å².